The molecule has 0 atom stereocenters. The van der Waals surface area contributed by atoms with Crippen LogP contribution in [0.4, 0.5) is 5.69 Å². The first-order valence-electron chi connectivity index (χ1n) is 8.37. The molecule has 4 nitrogen and oxygen atoms in total. The molecule has 2 N–H and O–H groups in total. The molecule has 0 amide bonds. The Morgan fingerprint density at radius 3 is 2.36 bits per heavy atom. The maximum absolute atomic E-state index is 4.06. The number of aromatic nitrogens is 3. The Kier molecular flexibility index (Phi) is 5.90. The molecule has 3 rings (SSSR count). The van der Waals surface area contributed by atoms with Gasteiger partial charge in [0.25, 0.3) is 0 Å². The lowest BCUT2D eigenvalue weighted by Crippen LogP contribution is -2.00. The third-order valence-electron chi connectivity index (χ3n) is 3.81. The van der Waals surface area contributed by atoms with E-state index < -0.39 is 0 Å². The maximum atomic E-state index is 4.06. The van der Waals surface area contributed by atoms with Gasteiger partial charge in [-0.05, 0) is 35.2 Å². The molecule has 25 heavy (non-hydrogen) atoms. The standard InChI is InChI=1S/C20H22N4S/c1-3-4-16-5-7-17(8-6-16)18-9-11-19(12-10-18)23-15(2)13-25-20-21-14-22-24-20/h5-12,14,23H,2-4,13H2,1H3,(H,21,22,24). The van der Waals surface area contributed by atoms with E-state index in [-0.39, 0.29) is 0 Å². The van der Waals surface area contributed by atoms with E-state index in [0.29, 0.717) is 0 Å². The fraction of sp³-hybridized carbons (Fsp3) is 0.200. The zero-order chi connectivity index (χ0) is 17.5. The van der Waals surface area contributed by atoms with Crippen LogP contribution >= 0.6 is 11.8 Å². The van der Waals surface area contributed by atoms with Crippen molar-refractivity contribution in [1.82, 2.24) is 15.2 Å². The molecule has 0 radical (unpaired) electrons. The molecule has 128 valence electrons. The van der Waals surface area contributed by atoms with Crippen LogP contribution in [0.5, 0.6) is 0 Å². The Morgan fingerprint density at radius 1 is 1.08 bits per heavy atom. The fourth-order valence-electron chi connectivity index (χ4n) is 2.56. The first-order valence-corrected chi connectivity index (χ1v) is 9.36. The van der Waals surface area contributed by atoms with Gasteiger partial charge in [-0.2, -0.15) is 0 Å². The quantitative estimate of drug-likeness (QED) is 0.552. The minimum Gasteiger partial charge on any atom is -0.359 e. The van der Waals surface area contributed by atoms with Crippen LogP contribution in [0.15, 0.2) is 72.3 Å². The van der Waals surface area contributed by atoms with Crippen LogP contribution in [-0.2, 0) is 6.42 Å². The number of aromatic amines is 1. The van der Waals surface area contributed by atoms with Crippen molar-refractivity contribution in [1.29, 1.82) is 0 Å². The Bertz CT molecular complexity index is 793. The molecule has 0 unspecified atom stereocenters. The number of hydrogen-bond donors (Lipinski definition) is 2. The molecule has 3 aromatic rings. The number of rotatable bonds is 8. The highest BCUT2D eigenvalue weighted by atomic mass is 32.2. The molecule has 2 aromatic carbocycles. The summed E-state index contributed by atoms with van der Waals surface area (Å²) in [6, 6.07) is 17.3. The number of nitrogens with zero attached hydrogens (tertiary/aromatic N) is 2. The molecule has 1 heterocycles. The van der Waals surface area contributed by atoms with E-state index in [1.54, 1.807) is 18.1 Å². The molecule has 0 saturated heterocycles. The molecular formula is C20H22N4S. The number of anilines is 1. The van der Waals surface area contributed by atoms with E-state index in [1.807, 2.05) is 0 Å². The van der Waals surface area contributed by atoms with Crippen molar-refractivity contribution >= 4 is 17.4 Å². The normalized spacial score (nSPS) is 10.6. The summed E-state index contributed by atoms with van der Waals surface area (Å²) >= 11 is 1.57. The third-order valence-corrected chi connectivity index (χ3v) is 4.78. The van der Waals surface area contributed by atoms with Crippen LogP contribution in [0.2, 0.25) is 0 Å². The molecule has 1 aromatic heterocycles. The molecule has 0 saturated carbocycles. The second-order valence-electron chi connectivity index (χ2n) is 5.84. The highest BCUT2D eigenvalue weighted by Gasteiger charge is 2.02. The van der Waals surface area contributed by atoms with Gasteiger partial charge in [-0.15, -0.1) is 10.2 Å². The average Bonchev–Trinajstić information content (AvgIpc) is 3.15. The van der Waals surface area contributed by atoms with Crippen molar-refractivity contribution in [2.24, 2.45) is 0 Å². The lowest BCUT2D eigenvalue weighted by molar-refractivity contribution is 0.922. The molecule has 0 aliphatic heterocycles. The summed E-state index contributed by atoms with van der Waals surface area (Å²) in [5.74, 6) is 0.732. The van der Waals surface area contributed by atoms with Crippen molar-refractivity contribution in [3.8, 4) is 11.1 Å². The fourth-order valence-corrected chi connectivity index (χ4v) is 3.18. The molecule has 0 aliphatic rings. The number of thioether (sulfide) groups is 1. The molecule has 0 bridgehead atoms. The van der Waals surface area contributed by atoms with Crippen molar-refractivity contribution in [3.63, 3.8) is 0 Å². The summed E-state index contributed by atoms with van der Waals surface area (Å²) in [4.78, 5) is 2.97. The van der Waals surface area contributed by atoms with Crippen molar-refractivity contribution in [3.05, 3.63) is 72.7 Å². The van der Waals surface area contributed by atoms with Crippen molar-refractivity contribution in [2.45, 2.75) is 24.9 Å². The van der Waals surface area contributed by atoms with Crippen LogP contribution in [-0.4, -0.2) is 20.9 Å². The summed E-state index contributed by atoms with van der Waals surface area (Å²) in [6.45, 7) is 6.27. The molecule has 0 aliphatic carbocycles. The van der Waals surface area contributed by atoms with Gasteiger partial charge in [-0.25, -0.2) is 0 Å². The highest BCUT2D eigenvalue weighted by molar-refractivity contribution is 7.99. The second kappa shape index (κ2) is 8.53. The number of H-pyrrole nitrogens is 1. The van der Waals surface area contributed by atoms with Crippen molar-refractivity contribution < 1.29 is 0 Å². The first kappa shape index (κ1) is 17.3. The lowest BCUT2D eigenvalue weighted by atomic mass is 10.0. The highest BCUT2D eigenvalue weighted by Crippen LogP contribution is 2.23. The second-order valence-corrected chi connectivity index (χ2v) is 6.80. The Morgan fingerprint density at radius 2 is 1.76 bits per heavy atom. The minimum absolute atomic E-state index is 0.732. The monoisotopic (exact) mass is 350 g/mol. The summed E-state index contributed by atoms with van der Waals surface area (Å²) in [5, 5.41) is 11.8. The van der Waals surface area contributed by atoms with E-state index in [2.05, 4.69) is 82.5 Å². The van der Waals surface area contributed by atoms with Gasteiger partial charge in [0, 0.05) is 17.1 Å². The van der Waals surface area contributed by atoms with E-state index >= 15 is 0 Å². The van der Waals surface area contributed by atoms with E-state index in [9.17, 15) is 0 Å². The SMILES string of the molecule is C=C(CSc1nnc[nH]1)Nc1ccc(-c2ccc(CCC)cc2)cc1. The smallest absolute Gasteiger partial charge is 0.188 e. The Balaban J connectivity index is 1.57. The van der Waals surface area contributed by atoms with Crippen LogP contribution in [0.1, 0.15) is 18.9 Å². The minimum atomic E-state index is 0.732. The first-order chi connectivity index (χ1) is 12.2. The van der Waals surface area contributed by atoms with Gasteiger partial charge < -0.3 is 10.3 Å². The van der Waals surface area contributed by atoms with Gasteiger partial charge in [-0.3, -0.25) is 0 Å². The molecule has 0 fully saturated rings. The average molecular weight is 350 g/mol. The summed E-state index contributed by atoms with van der Waals surface area (Å²) < 4.78 is 0. The summed E-state index contributed by atoms with van der Waals surface area (Å²) in [7, 11) is 0. The molecule has 0 spiro atoms. The van der Waals surface area contributed by atoms with Gasteiger partial charge in [-0.1, -0.05) is 68.1 Å². The Hall–Kier alpha value is -2.53. The largest absolute Gasteiger partial charge is 0.359 e. The van der Waals surface area contributed by atoms with E-state index in [4.69, 9.17) is 0 Å². The van der Waals surface area contributed by atoms with Crippen LogP contribution in [0, 0.1) is 0 Å². The van der Waals surface area contributed by atoms with Gasteiger partial charge in [0.05, 0.1) is 0 Å². The van der Waals surface area contributed by atoms with E-state index in [0.717, 1.165) is 28.7 Å². The van der Waals surface area contributed by atoms with Crippen molar-refractivity contribution in [2.75, 3.05) is 11.1 Å². The zero-order valence-electron chi connectivity index (χ0n) is 14.3. The van der Waals surface area contributed by atoms with Crippen LogP contribution < -0.4 is 5.32 Å². The predicted molar refractivity (Wildman–Crippen MR) is 106 cm³/mol. The number of nitrogens with one attached hydrogen (secondary N) is 2. The zero-order valence-corrected chi connectivity index (χ0v) is 15.1. The molecule has 5 heteroatoms. The Labute approximate surface area is 152 Å². The maximum Gasteiger partial charge on any atom is 0.188 e. The lowest BCUT2D eigenvalue weighted by Gasteiger charge is -2.10. The van der Waals surface area contributed by atoms with Gasteiger partial charge >= 0.3 is 0 Å². The van der Waals surface area contributed by atoms with Crippen LogP contribution in [0.3, 0.4) is 0 Å². The van der Waals surface area contributed by atoms with Gasteiger partial charge in [0.15, 0.2) is 5.16 Å². The summed E-state index contributed by atoms with van der Waals surface area (Å²) in [5.41, 5.74) is 5.82. The van der Waals surface area contributed by atoms with Gasteiger partial charge in [0.2, 0.25) is 0 Å². The van der Waals surface area contributed by atoms with Gasteiger partial charge in [0.1, 0.15) is 6.33 Å². The number of aryl methyl sites for hydroxylation is 1. The predicted octanol–water partition coefficient (Wildman–Crippen LogP) is 5.14. The number of hydrogen-bond acceptors (Lipinski definition) is 4. The number of benzene rings is 2. The topological polar surface area (TPSA) is 53.6 Å². The summed E-state index contributed by atoms with van der Waals surface area (Å²) in [6.07, 6.45) is 3.89. The third kappa shape index (κ3) is 4.97. The van der Waals surface area contributed by atoms with Crippen LogP contribution in [0.25, 0.3) is 11.1 Å². The molecular weight excluding hydrogens is 328 g/mol. The van der Waals surface area contributed by atoms with E-state index in [1.165, 1.54) is 23.1 Å².